The fourth-order valence-corrected chi connectivity index (χ4v) is 3.55. The molecule has 5 heteroatoms. The van der Waals surface area contributed by atoms with Gasteiger partial charge in [-0.2, -0.15) is 0 Å². The highest BCUT2D eigenvalue weighted by atomic mass is 16.5. The maximum Gasteiger partial charge on any atom is 0.354 e. The molecule has 1 aromatic rings. The van der Waals surface area contributed by atoms with Crippen molar-refractivity contribution < 1.29 is 14.6 Å². The number of aromatic carboxylic acids is 1. The first kappa shape index (κ1) is 13.4. The minimum absolute atomic E-state index is 0.0917. The first-order chi connectivity index (χ1) is 9.70. The van der Waals surface area contributed by atoms with Crippen molar-refractivity contribution in [3.63, 3.8) is 0 Å². The van der Waals surface area contributed by atoms with Gasteiger partial charge in [0, 0.05) is 19.3 Å². The predicted molar refractivity (Wildman–Crippen MR) is 74.9 cm³/mol. The molecule has 3 rings (SSSR count). The highest BCUT2D eigenvalue weighted by molar-refractivity contribution is 5.85. The second kappa shape index (κ2) is 5.40. The van der Waals surface area contributed by atoms with Gasteiger partial charge in [0.1, 0.15) is 5.82 Å². The standard InChI is InChI=1S/C15H20N2O3/c18-14(19)11-3-1-5-13(16-11)17-12-4-2-6-15(12)7-9-20-10-8-15/h1,3,5,12H,2,4,6-10H2,(H,16,17)(H,18,19). The molecule has 1 atom stereocenters. The molecular formula is C15H20N2O3. The summed E-state index contributed by atoms with van der Waals surface area (Å²) in [5.41, 5.74) is 0.396. The molecule has 1 saturated heterocycles. The van der Waals surface area contributed by atoms with Crippen molar-refractivity contribution >= 4 is 11.8 Å². The van der Waals surface area contributed by atoms with Crippen molar-refractivity contribution in [2.45, 2.75) is 38.1 Å². The van der Waals surface area contributed by atoms with Crippen LogP contribution in [0.15, 0.2) is 18.2 Å². The quantitative estimate of drug-likeness (QED) is 0.887. The van der Waals surface area contributed by atoms with E-state index in [1.165, 1.54) is 18.9 Å². The molecule has 2 heterocycles. The first-order valence-corrected chi connectivity index (χ1v) is 7.24. The van der Waals surface area contributed by atoms with Crippen LogP contribution in [0, 0.1) is 5.41 Å². The minimum atomic E-state index is -0.985. The van der Waals surface area contributed by atoms with Gasteiger partial charge in [-0.25, -0.2) is 9.78 Å². The van der Waals surface area contributed by atoms with Gasteiger partial charge in [-0.1, -0.05) is 12.5 Å². The van der Waals surface area contributed by atoms with Crippen LogP contribution >= 0.6 is 0 Å². The number of carboxylic acids is 1. The Balaban J connectivity index is 1.76. The molecule has 5 nitrogen and oxygen atoms in total. The third kappa shape index (κ3) is 2.50. The maximum atomic E-state index is 11.0. The number of ether oxygens (including phenoxy) is 1. The van der Waals surface area contributed by atoms with Crippen LogP contribution in [-0.4, -0.2) is 35.3 Å². The Bertz CT molecular complexity index is 498. The van der Waals surface area contributed by atoms with E-state index < -0.39 is 5.97 Å². The molecule has 1 saturated carbocycles. The zero-order chi connectivity index (χ0) is 14.0. The molecule has 0 radical (unpaired) electrons. The first-order valence-electron chi connectivity index (χ1n) is 7.24. The Kier molecular flexibility index (Phi) is 3.61. The summed E-state index contributed by atoms with van der Waals surface area (Å²) in [5.74, 6) is -0.316. The lowest BCUT2D eigenvalue weighted by Crippen LogP contribution is -2.40. The van der Waals surface area contributed by atoms with E-state index in [9.17, 15) is 4.79 Å². The minimum Gasteiger partial charge on any atom is -0.477 e. The zero-order valence-electron chi connectivity index (χ0n) is 11.5. The number of nitrogens with zero attached hydrogens (tertiary/aromatic N) is 1. The summed E-state index contributed by atoms with van der Waals surface area (Å²) < 4.78 is 5.48. The lowest BCUT2D eigenvalue weighted by atomic mass is 9.75. The van der Waals surface area contributed by atoms with E-state index in [0.29, 0.717) is 17.3 Å². The van der Waals surface area contributed by atoms with Gasteiger partial charge in [0.2, 0.25) is 0 Å². The summed E-state index contributed by atoms with van der Waals surface area (Å²) in [4.78, 5) is 15.2. The van der Waals surface area contributed by atoms with Gasteiger partial charge in [0.25, 0.3) is 0 Å². The number of aromatic nitrogens is 1. The molecule has 1 unspecified atom stereocenters. The maximum absolute atomic E-state index is 11.0. The molecule has 0 amide bonds. The molecule has 2 N–H and O–H groups in total. The third-order valence-electron chi connectivity index (χ3n) is 4.69. The van der Waals surface area contributed by atoms with E-state index in [2.05, 4.69) is 10.3 Å². The average molecular weight is 276 g/mol. The van der Waals surface area contributed by atoms with Gasteiger partial charge in [-0.15, -0.1) is 0 Å². The predicted octanol–water partition coefficient (Wildman–Crippen LogP) is 2.54. The number of anilines is 1. The SMILES string of the molecule is O=C(O)c1cccc(NC2CCCC23CCOCC3)n1. The lowest BCUT2D eigenvalue weighted by molar-refractivity contribution is 0.0134. The Hall–Kier alpha value is -1.62. The summed E-state index contributed by atoms with van der Waals surface area (Å²) in [5, 5.41) is 12.5. The molecule has 2 aliphatic rings. The molecule has 108 valence electrons. The van der Waals surface area contributed by atoms with Crippen LogP contribution < -0.4 is 5.32 Å². The number of carboxylic acid groups (broad SMARTS) is 1. The molecule has 2 fully saturated rings. The summed E-state index contributed by atoms with van der Waals surface area (Å²) in [6, 6.07) is 5.48. The molecule has 20 heavy (non-hydrogen) atoms. The van der Waals surface area contributed by atoms with E-state index in [4.69, 9.17) is 9.84 Å². The number of hydrogen-bond acceptors (Lipinski definition) is 4. The topological polar surface area (TPSA) is 71.5 Å². The fourth-order valence-electron chi connectivity index (χ4n) is 3.55. The number of hydrogen-bond donors (Lipinski definition) is 2. The fraction of sp³-hybridized carbons (Fsp3) is 0.600. The van der Waals surface area contributed by atoms with Crippen molar-refractivity contribution in [3.8, 4) is 0 Å². The zero-order valence-corrected chi connectivity index (χ0v) is 11.5. The Morgan fingerprint density at radius 1 is 1.35 bits per heavy atom. The molecular weight excluding hydrogens is 256 g/mol. The van der Waals surface area contributed by atoms with E-state index in [-0.39, 0.29) is 5.69 Å². The average Bonchev–Trinajstić information content (AvgIpc) is 2.82. The molecule has 1 spiro atoms. The van der Waals surface area contributed by atoms with Crippen LogP contribution in [0.5, 0.6) is 0 Å². The summed E-state index contributed by atoms with van der Waals surface area (Å²) in [7, 11) is 0. The number of pyridine rings is 1. The van der Waals surface area contributed by atoms with Gasteiger partial charge in [-0.05, 0) is 43.2 Å². The Morgan fingerprint density at radius 3 is 2.90 bits per heavy atom. The lowest BCUT2D eigenvalue weighted by Gasteiger charge is -2.39. The largest absolute Gasteiger partial charge is 0.477 e. The van der Waals surface area contributed by atoms with E-state index >= 15 is 0 Å². The highest BCUT2D eigenvalue weighted by Gasteiger charge is 2.43. The third-order valence-corrected chi connectivity index (χ3v) is 4.69. The van der Waals surface area contributed by atoms with Gasteiger partial charge in [0.15, 0.2) is 5.69 Å². The normalized spacial score (nSPS) is 24.7. The Labute approximate surface area is 118 Å². The number of rotatable bonds is 3. The van der Waals surface area contributed by atoms with E-state index in [1.54, 1.807) is 6.07 Å². The van der Waals surface area contributed by atoms with Crippen molar-refractivity contribution in [1.82, 2.24) is 4.98 Å². The monoisotopic (exact) mass is 276 g/mol. The molecule has 1 aromatic heterocycles. The van der Waals surface area contributed by atoms with Crippen LogP contribution in [0.1, 0.15) is 42.6 Å². The molecule has 0 aromatic carbocycles. The van der Waals surface area contributed by atoms with Crippen molar-refractivity contribution in [3.05, 3.63) is 23.9 Å². The van der Waals surface area contributed by atoms with E-state index in [1.807, 2.05) is 6.07 Å². The number of nitrogens with one attached hydrogen (secondary N) is 1. The van der Waals surface area contributed by atoms with Gasteiger partial charge in [-0.3, -0.25) is 0 Å². The second-order valence-corrected chi connectivity index (χ2v) is 5.78. The van der Waals surface area contributed by atoms with Crippen LogP contribution in [0.25, 0.3) is 0 Å². The Morgan fingerprint density at radius 2 is 2.15 bits per heavy atom. The summed E-state index contributed by atoms with van der Waals surface area (Å²) in [6.07, 6.45) is 5.74. The van der Waals surface area contributed by atoms with E-state index in [0.717, 1.165) is 32.5 Å². The highest BCUT2D eigenvalue weighted by Crippen LogP contribution is 2.47. The summed E-state index contributed by atoms with van der Waals surface area (Å²) >= 11 is 0. The van der Waals surface area contributed by atoms with Gasteiger partial charge < -0.3 is 15.2 Å². The van der Waals surface area contributed by atoms with Crippen LogP contribution in [0.4, 0.5) is 5.82 Å². The van der Waals surface area contributed by atoms with Crippen LogP contribution in [0.2, 0.25) is 0 Å². The summed E-state index contributed by atoms with van der Waals surface area (Å²) in [6.45, 7) is 1.67. The van der Waals surface area contributed by atoms with Crippen molar-refractivity contribution in [1.29, 1.82) is 0 Å². The molecule has 0 bridgehead atoms. The van der Waals surface area contributed by atoms with Gasteiger partial charge >= 0.3 is 5.97 Å². The molecule has 1 aliphatic carbocycles. The molecule has 1 aliphatic heterocycles. The van der Waals surface area contributed by atoms with Crippen molar-refractivity contribution in [2.24, 2.45) is 5.41 Å². The second-order valence-electron chi connectivity index (χ2n) is 5.78. The van der Waals surface area contributed by atoms with Gasteiger partial charge in [0.05, 0.1) is 0 Å². The van der Waals surface area contributed by atoms with Crippen LogP contribution in [0.3, 0.4) is 0 Å². The smallest absolute Gasteiger partial charge is 0.354 e. The number of carbonyl (C=O) groups is 1. The van der Waals surface area contributed by atoms with Crippen molar-refractivity contribution in [2.75, 3.05) is 18.5 Å². The van der Waals surface area contributed by atoms with Crippen LogP contribution in [-0.2, 0) is 4.74 Å².